The van der Waals surface area contributed by atoms with E-state index in [9.17, 15) is 13.6 Å². The molecule has 0 bridgehead atoms. The zero-order valence-electron chi connectivity index (χ0n) is 10.6. The van der Waals surface area contributed by atoms with Gasteiger partial charge in [-0.2, -0.15) is 8.78 Å². The maximum atomic E-state index is 14.4. The van der Waals surface area contributed by atoms with E-state index in [1.165, 1.54) is 19.2 Å². The van der Waals surface area contributed by atoms with Gasteiger partial charge in [0.2, 0.25) is 0 Å². The zero-order valence-corrected chi connectivity index (χ0v) is 10.6. The number of benzene rings is 2. The summed E-state index contributed by atoms with van der Waals surface area (Å²) in [7, 11) is 1.22. The van der Waals surface area contributed by atoms with Crippen LogP contribution in [0.4, 0.5) is 14.5 Å². The molecule has 0 aromatic heterocycles. The van der Waals surface area contributed by atoms with Crippen molar-refractivity contribution in [2.45, 2.75) is 5.92 Å². The third-order valence-electron chi connectivity index (χ3n) is 3.49. The summed E-state index contributed by atoms with van der Waals surface area (Å²) >= 11 is 0. The monoisotopic (exact) mass is 275 g/mol. The lowest BCUT2D eigenvalue weighted by Gasteiger charge is -2.13. The van der Waals surface area contributed by atoms with Gasteiger partial charge in [-0.3, -0.25) is 0 Å². The van der Waals surface area contributed by atoms with Crippen LogP contribution in [0.2, 0.25) is 0 Å². The fourth-order valence-electron chi connectivity index (χ4n) is 2.52. The summed E-state index contributed by atoms with van der Waals surface area (Å²) in [6.07, 6.45) is 0. The van der Waals surface area contributed by atoms with Crippen LogP contribution in [0, 0.1) is 0 Å². The first-order valence-electron chi connectivity index (χ1n) is 5.97. The molecule has 1 aliphatic carbocycles. The third-order valence-corrected chi connectivity index (χ3v) is 3.49. The van der Waals surface area contributed by atoms with Gasteiger partial charge in [-0.05, 0) is 23.3 Å². The second kappa shape index (κ2) is 4.03. The fourth-order valence-corrected chi connectivity index (χ4v) is 2.52. The molecule has 0 saturated carbocycles. The van der Waals surface area contributed by atoms with Gasteiger partial charge in [-0.1, -0.05) is 24.3 Å². The molecule has 3 rings (SSSR count). The summed E-state index contributed by atoms with van der Waals surface area (Å²) in [6.45, 7) is 0. The standard InChI is InChI=1S/C15H11F2NO2/c1-20-14(19)10-6-9-8-4-2-3-5-11(8)15(16,17)12(9)7-13(10)18/h2-7H,18H2,1H3. The number of rotatable bonds is 1. The van der Waals surface area contributed by atoms with E-state index >= 15 is 0 Å². The Morgan fingerprint density at radius 2 is 1.85 bits per heavy atom. The highest BCUT2D eigenvalue weighted by Gasteiger charge is 2.44. The molecule has 5 heteroatoms. The van der Waals surface area contributed by atoms with E-state index in [1.54, 1.807) is 18.2 Å². The van der Waals surface area contributed by atoms with E-state index in [0.29, 0.717) is 11.1 Å². The fraction of sp³-hybridized carbons (Fsp3) is 0.133. The number of esters is 1. The molecule has 0 aliphatic heterocycles. The van der Waals surface area contributed by atoms with Crippen LogP contribution in [0.1, 0.15) is 21.5 Å². The molecule has 2 N–H and O–H groups in total. The number of hydrogen-bond acceptors (Lipinski definition) is 3. The smallest absolute Gasteiger partial charge is 0.339 e. The van der Waals surface area contributed by atoms with Crippen LogP contribution in [0.5, 0.6) is 0 Å². The van der Waals surface area contributed by atoms with Crippen LogP contribution in [0.25, 0.3) is 11.1 Å². The number of fused-ring (bicyclic) bond motifs is 3. The topological polar surface area (TPSA) is 52.3 Å². The van der Waals surface area contributed by atoms with Crippen molar-refractivity contribution in [2.75, 3.05) is 12.8 Å². The van der Waals surface area contributed by atoms with Gasteiger partial charge >= 0.3 is 5.97 Å². The SMILES string of the molecule is COC(=O)c1cc2c(cc1N)C(F)(F)c1ccccc1-2. The minimum absolute atomic E-state index is 0.0110. The van der Waals surface area contributed by atoms with Crippen LogP contribution in [0.3, 0.4) is 0 Å². The number of alkyl halides is 2. The zero-order chi connectivity index (χ0) is 14.5. The maximum Gasteiger partial charge on any atom is 0.339 e. The molecule has 0 fully saturated rings. The van der Waals surface area contributed by atoms with E-state index in [2.05, 4.69) is 4.74 Å². The first-order chi connectivity index (χ1) is 9.46. The molecule has 0 spiro atoms. The molecule has 3 nitrogen and oxygen atoms in total. The van der Waals surface area contributed by atoms with E-state index in [4.69, 9.17) is 5.73 Å². The molecule has 1 aliphatic rings. The molecular formula is C15H11F2NO2. The number of hydrogen-bond donors (Lipinski definition) is 1. The molecule has 102 valence electrons. The number of ether oxygens (including phenoxy) is 1. The molecule has 2 aromatic carbocycles. The molecule has 20 heavy (non-hydrogen) atoms. The van der Waals surface area contributed by atoms with Crippen molar-refractivity contribution in [1.29, 1.82) is 0 Å². The average Bonchev–Trinajstić information content (AvgIpc) is 2.66. The van der Waals surface area contributed by atoms with Crippen LogP contribution in [0.15, 0.2) is 36.4 Å². The Hall–Kier alpha value is -2.43. The van der Waals surface area contributed by atoms with E-state index in [0.717, 1.165) is 6.07 Å². The first-order valence-corrected chi connectivity index (χ1v) is 5.97. The molecule has 0 atom stereocenters. The van der Waals surface area contributed by atoms with Crippen LogP contribution >= 0.6 is 0 Å². The molecule has 2 aromatic rings. The van der Waals surface area contributed by atoms with Gasteiger partial charge in [0, 0.05) is 16.8 Å². The Balaban J connectivity index is 2.31. The number of nitrogens with two attached hydrogens (primary N) is 1. The highest BCUT2D eigenvalue weighted by atomic mass is 19.3. The number of anilines is 1. The molecule has 0 saturated heterocycles. The van der Waals surface area contributed by atoms with Crippen molar-refractivity contribution in [3.63, 3.8) is 0 Å². The second-order valence-electron chi connectivity index (χ2n) is 4.60. The van der Waals surface area contributed by atoms with Gasteiger partial charge in [0.25, 0.3) is 5.92 Å². The number of halogens is 2. The minimum atomic E-state index is -3.10. The van der Waals surface area contributed by atoms with Crippen molar-refractivity contribution >= 4 is 11.7 Å². The second-order valence-corrected chi connectivity index (χ2v) is 4.60. The van der Waals surface area contributed by atoms with E-state index < -0.39 is 11.9 Å². The van der Waals surface area contributed by atoms with E-state index in [1.807, 2.05) is 0 Å². The highest BCUT2D eigenvalue weighted by Crippen LogP contribution is 2.51. The van der Waals surface area contributed by atoms with Gasteiger partial charge in [0.05, 0.1) is 12.7 Å². The number of nitrogen functional groups attached to an aromatic ring is 1. The van der Waals surface area contributed by atoms with Crippen molar-refractivity contribution in [1.82, 2.24) is 0 Å². The summed E-state index contributed by atoms with van der Waals surface area (Å²) in [5, 5.41) is 0. The Morgan fingerprint density at radius 1 is 1.15 bits per heavy atom. The van der Waals surface area contributed by atoms with Crippen molar-refractivity contribution in [3.8, 4) is 11.1 Å². The third kappa shape index (κ3) is 1.52. The Bertz CT molecular complexity index is 726. The van der Waals surface area contributed by atoms with Crippen LogP contribution < -0.4 is 5.73 Å². The summed E-state index contributed by atoms with van der Waals surface area (Å²) in [4.78, 5) is 11.6. The quantitative estimate of drug-likeness (QED) is 0.642. The Kier molecular flexibility index (Phi) is 2.54. The molecular weight excluding hydrogens is 264 g/mol. The minimum Gasteiger partial charge on any atom is -0.465 e. The molecule has 0 heterocycles. The normalized spacial score (nSPS) is 14.6. The predicted molar refractivity (Wildman–Crippen MR) is 70.6 cm³/mol. The van der Waals surface area contributed by atoms with Crippen molar-refractivity contribution in [2.24, 2.45) is 0 Å². The molecule has 0 unspecified atom stereocenters. The lowest BCUT2D eigenvalue weighted by Crippen LogP contribution is -2.12. The van der Waals surface area contributed by atoms with Crippen LogP contribution in [-0.2, 0) is 10.7 Å². The molecule has 0 radical (unpaired) electrons. The number of carbonyl (C=O) groups is 1. The van der Waals surface area contributed by atoms with Crippen molar-refractivity contribution < 1.29 is 18.3 Å². The predicted octanol–water partition coefficient (Wildman–Crippen LogP) is 3.18. The maximum absolute atomic E-state index is 14.4. The van der Waals surface area contributed by atoms with Crippen molar-refractivity contribution in [3.05, 3.63) is 53.1 Å². The summed E-state index contributed by atoms with van der Waals surface area (Å²) in [5.74, 6) is -3.74. The number of methoxy groups -OCH3 is 1. The Labute approximate surface area is 114 Å². The summed E-state index contributed by atoms with van der Waals surface area (Å²) in [6, 6.07) is 8.74. The first kappa shape index (κ1) is 12.6. The van der Waals surface area contributed by atoms with E-state index in [-0.39, 0.29) is 22.4 Å². The lowest BCUT2D eigenvalue weighted by molar-refractivity contribution is 0.0478. The van der Waals surface area contributed by atoms with Gasteiger partial charge in [0.15, 0.2) is 0 Å². The lowest BCUT2D eigenvalue weighted by atomic mass is 10.0. The van der Waals surface area contributed by atoms with Gasteiger partial charge in [-0.15, -0.1) is 0 Å². The van der Waals surface area contributed by atoms with Gasteiger partial charge in [-0.25, -0.2) is 4.79 Å². The van der Waals surface area contributed by atoms with Crippen LogP contribution in [-0.4, -0.2) is 13.1 Å². The van der Waals surface area contributed by atoms with Gasteiger partial charge in [0.1, 0.15) is 0 Å². The summed E-state index contributed by atoms with van der Waals surface area (Å²) < 4.78 is 33.3. The largest absolute Gasteiger partial charge is 0.465 e. The van der Waals surface area contributed by atoms with Gasteiger partial charge < -0.3 is 10.5 Å². The average molecular weight is 275 g/mol. The highest BCUT2D eigenvalue weighted by molar-refractivity contribution is 5.98. The number of carbonyl (C=O) groups excluding carboxylic acids is 1. The molecule has 0 amide bonds. The summed E-state index contributed by atoms with van der Waals surface area (Å²) in [5.41, 5.74) is 6.26. The Morgan fingerprint density at radius 3 is 2.55 bits per heavy atom.